The molecule has 2 aromatic carbocycles. The Morgan fingerprint density at radius 1 is 1.19 bits per heavy atom. The van der Waals surface area contributed by atoms with Gasteiger partial charge in [-0.3, -0.25) is 9.59 Å². The fraction of sp³-hybridized carbons (Fsp3) is 0.440. The van der Waals surface area contributed by atoms with E-state index in [9.17, 15) is 14.7 Å². The first kappa shape index (κ1) is 24.6. The third kappa shape index (κ3) is 4.95. The second-order valence-electron chi connectivity index (χ2n) is 8.63. The summed E-state index contributed by atoms with van der Waals surface area (Å²) in [7, 11) is 1.32. The molecule has 0 bridgehead atoms. The number of rotatable bonds is 7. The first-order valence-electron chi connectivity index (χ1n) is 10.8. The highest BCUT2D eigenvalue weighted by Crippen LogP contribution is 2.52. The number of likely N-dealkylation sites (tertiary alicyclic amines) is 1. The van der Waals surface area contributed by atoms with Crippen LogP contribution < -0.4 is 0 Å². The number of aliphatic hydroxyl groups excluding tert-OH is 1. The Hall–Kier alpha value is -2.08. The number of carbonyl (C=O) groups excluding carboxylic acids is 2. The van der Waals surface area contributed by atoms with Crippen LogP contribution in [0.25, 0.3) is 0 Å². The van der Waals surface area contributed by atoms with Crippen molar-refractivity contribution in [1.29, 1.82) is 0 Å². The number of esters is 1. The number of aliphatic hydroxyl groups is 1. The fourth-order valence-corrected chi connectivity index (χ4v) is 5.08. The number of methoxy groups -OCH3 is 1. The van der Waals surface area contributed by atoms with E-state index >= 15 is 0 Å². The van der Waals surface area contributed by atoms with Crippen LogP contribution in [0.1, 0.15) is 56.2 Å². The Labute approximate surface area is 199 Å². The molecule has 4 atom stereocenters. The van der Waals surface area contributed by atoms with Crippen molar-refractivity contribution in [2.24, 2.45) is 5.41 Å². The summed E-state index contributed by atoms with van der Waals surface area (Å²) >= 11 is 12.5. The van der Waals surface area contributed by atoms with Gasteiger partial charge >= 0.3 is 5.97 Å². The molecule has 0 spiro atoms. The molecular formula is C25H29Cl2NO4. The van der Waals surface area contributed by atoms with E-state index in [1.807, 2.05) is 43.3 Å². The van der Waals surface area contributed by atoms with Gasteiger partial charge in [0, 0.05) is 16.0 Å². The van der Waals surface area contributed by atoms with Gasteiger partial charge in [-0.25, -0.2) is 0 Å². The third-order valence-corrected chi connectivity index (χ3v) is 6.92. The standard InChI is InChI=1S/C25H29Cl2NO4/c1-4-20(15-29)28-23(16-8-10-18(26)11-9-16)21(17-6-5-7-19(27)12-17)13-25(2,24(28)31)14-22(30)32-3/h5-12,20-21,23,29H,4,13-15H2,1-3H3. The summed E-state index contributed by atoms with van der Waals surface area (Å²) < 4.78 is 4.90. The van der Waals surface area contributed by atoms with Gasteiger partial charge in [0.15, 0.2) is 0 Å². The lowest BCUT2D eigenvalue weighted by Gasteiger charge is -2.51. The van der Waals surface area contributed by atoms with Crippen LogP contribution in [0.4, 0.5) is 0 Å². The van der Waals surface area contributed by atoms with Crippen LogP contribution in [0, 0.1) is 5.41 Å². The van der Waals surface area contributed by atoms with Gasteiger partial charge in [0.05, 0.1) is 37.6 Å². The second kappa shape index (κ2) is 10.2. The summed E-state index contributed by atoms with van der Waals surface area (Å²) in [6.45, 7) is 3.57. The van der Waals surface area contributed by atoms with Crippen LogP contribution in [-0.4, -0.2) is 41.6 Å². The number of nitrogens with zero attached hydrogens (tertiary/aromatic N) is 1. The van der Waals surface area contributed by atoms with Crippen molar-refractivity contribution >= 4 is 35.1 Å². The lowest BCUT2D eigenvalue weighted by molar-refractivity contribution is -0.162. The molecule has 1 aliphatic heterocycles. The SMILES string of the molecule is CCC(CO)N1C(=O)C(C)(CC(=O)OC)CC(c2cccc(Cl)c2)C1c1ccc(Cl)cc1. The Kier molecular flexibility index (Phi) is 7.86. The number of carbonyl (C=O) groups is 2. The van der Waals surface area contributed by atoms with Crippen molar-refractivity contribution in [2.45, 2.75) is 51.1 Å². The molecule has 5 nitrogen and oxygen atoms in total. The Balaban J connectivity index is 2.21. The Morgan fingerprint density at radius 2 is 1.88 bits per heavy atom. The minimum atomic E-state index is -0.981. The molecule has 2 aromatic rings. The van der Waals surface area contributed by atoms with Crippen LogP contribution in [-0.2, 0) is 14.3 Å². The molecule has 1 amide bonds. The molecule has 0 aliphatic carbocycles. The summed E-state index contributed by atoms with van der Waals surface area (Å²) in [5.74, 6) is -0.752. The van der Waals surface area contributed by atoms with Crippen LogP contribution in [0.15, 0.2) is 48.5 Å². The maximum Gasteiger partial charge on any atom is 0.306 e. The number of hydrogen-bond acceptors (Lipinski definition) is 4. The first-order valence-corrected chi connectivity index (χ1v) is 11.5. The Bertz CT molecular complexity index is 961. The fourth-order valence-electron chi connectivity index (χ4n) is 4.75. The van der Waals surface area contributed by atoms with E-state index in [4.69, 9.17) is 27.9 Å². The summed E-state index contributed by atoms with van der Waals surface area (Å²) in [5.41, 5.74) is 0.907. The van der Waals surface area contributed by atoms with Gasteiger partial charge in [0.1, 0.15) is 0 Å². The van der Waals surface area contributed by atoms with E-state index in [1.165, 1.54) is 7.11 Å². The number of ether oxygens (including phenoxy) is 1. The highest BCUT2D eigenvalue weighted by atomic mass is 35.5. The topological polar surface area (TPSA) is 66.8 Å². The van der Waals surface area contributed by atoms with E-state index in [0.29, 0.717) is 22.9 Å². The highest BCUT2D eigenvalue weighted by Gasteiger charge is 2.52. The van der Waals surface area contributed by atoms with Crippen molar-refractivity contribution in [3.05, 3.63) is 69.7 Å². The summed E-state index contributed by atoms with van der Waals surface area (Å²) in [6, 6.07) is 14.3. The Morgan fingerprint density at radius 3 is 2.44 bits per heavy atom. The van der Waals surface area contributed by atoms with Gasteiger partial charge in [0.2, 0.25) is 5.91 Å². The third-order valence-electron chi connectivity index (χ3n) is 6.43. The molecule has 1 aliphatic rings. The summed E-state index contributed by atoms with van der Waals surface area (Å²) in [6.07, 6.45) is 0.973. The van der Waals surface area contributed by atoms with Gasteiger partial charge in [-0.15, -0.1) is 0 Å². The van der Waals surface area contributed by atoms with Gasteiger partial charge in [-0.05, 0) is 48.2 Å². The molecule has 32 heavy (non-hydrogen) atoms. The highest BCUT2D eigenvalue weighted by molar-refractivity contribution is 6.30. The maximum absolute atomic E-state index is 13.9. The molecule has 0 aromatic heterocycles. The predicted molar refractivity (Wildman–Crippen MR) is 126 cm³/mol. The van der Waals surface area contributed by atoms with E-state index in [0.717, 1.165) is 11.1 Å². The zero-order chi connectivity index (χ0) is 23.5. The molecule has 1 saturated heterocycles. The lowest BCUT2D eigenvalue weighted by Crippen LogP contribution is -2.56. The minimum Gasteiger partial charge on any atom is -0.469 e. The van der Waals surface area contributed by atoms with Crippen LogP contribution in [0.2, 0.25) is 10.0 Å². The van der Waals surface area contributed by atoms with Gasteiger partial charge in [-0.1, -0.05) is 61.3 Å². The number of halogens is 2. The zero-order valence-electron chi connectivity index (χ0n) is 18.6. The molecule has 1 N–H and O–H groups in total. The molecule has 1 heterocycles. The second-order valence-corrected chi connectivity index (χ2v) is 9.51. The van der Waals surface area contributed by atoms with E-state index in [-0.39, 0.29) is 30.9 Å². The van der Waals surface area contributed by atoms with Crippen molar-refractivity contribution in [2.75, 3.05) is 13.7 Å². The van der Waals surface area contributed by atoms with Crippen LogP contribution >= 0.6 is 23.2 Å². The molecular weight excluding hydrogens is 449 g/mol. The molecule has 0 radical (unpaired) electrons. The van der Waals surface area contributed by atoms with Gasteiger partial charge in [-0.2, -0.15) is 0 Å². The summed E-state index contributed by atoms with van der Waals surface area (Å²) in [5, 5.41) is 11.4. The normalized spacial score (nSPS) is 24.3. The van der Waals surface area contributed by atoms with Crippen molar-refractivity contribution in [3.63, 3.8) is 0 Å². The van der Waals surface area contributed by atoms with E-state index in [1.54, 1.807) is 24.0 Å². The first-order chi connectivity index (χ1) is 15.2. The molecule has 4 unspecified atom stereocenters. The van der Waals surface area contributed by atoms with Gasteiger partial charge < -0.3 is 14.7 Å². The molecule has 0 saturated carbocycles. The van der Waals surface area contributed by atoms with Crippen molar-refractivity contribution < 1.29 is 19.4 Å². The molecule has 1 fully saturated rings. The van der Waals surface area contributed by atoms with E-state index < -0.39 is 17.4 Å². The van der Waals surface area contributed by atoms with Crippen LogP contribution in [0.5, 0.6) is 0 Å². The summed E-state index contributed by atoms with van der Waals surface area (Å²) in [4.78, 5) is 27.9. The predicted octanol–water partition coefficient (Wildman–Crippen LogP) is 5.39. The van der Waals surface area contributed by atoms with E-state index in [2.05, 4.69) is 0 Å². The number of piperidine rings is 1. The molecule has 3 rings (SSSR count). The average molecular weight is 478 g/mol. The smallest absolute Gasteiger partial charge is 0.306 e. The minimum absolute atomic E-state index is 0.0366. The van der Waals surface area contributed by atoms with Crippen molar-refractivity contribution in [3.8, 4) is 0 Å². The maximum atomic E-state index is 13.9. The van der Waals surface area contributed by atoms with Gasteiger partial charge in [0.25, 0.3) is 0 Å². The largest absolute Gasteiger partial charge is 0.469 e. The monoisotopic (exact) mass is 477 g/mol. The quantitative estimate of drug-likeness (QED) is 0.542. The van der Waals surface area contributed by atoms with Crippen LogP contribution in [0.3, 0.4) is 0 Å². The number of amides is 1. The number of benzene rings is 2. The number of hydrogen-bond donors (Lipinski definition) is 1. The average Bonchev–Trinajstić information content (AvgIpc) is 2.78. The molecule has 172 valence electrons. The van der Waals surface area contributed by atoms with Crippen molar-refractivity contribution in [1.82, 2.24) is 4.90 Å². The lowest BCUT2D eigenvalue weighted by atomic mass is 9.67. The zero-order valence-corrected chi connectivity index (χ0v) is 20.1. The molecule has 7 heteroatoms.